The van der Waals surface area contributed by atoms with Crippen LogP contribution < -0.4 is 10.3 Å². The number of hydrazone groups is 1. The van der Waals surface area contributed by atoms with Crippen LogP contribution in [0.1, 0.15) is 20.3 Å². The van der Waals surface area contributed by atoms with Crippen molar-refractivity contribution < 1.29 is 4.74 Å². The molecule has 0 bridgehead atoms. The normalized spacial score (nSPS) is 24.3. The fourth-order valence-electron chi connectivity index (χ4n) is 3.49. The number of rotatable bonds is 3. The Hall–Kier alpha value is -2.38. The van der Waals surface area contributed by atoms with Crippen molar-refractivity contribution in [3.63, 3.8) is 0 Å². The van der Waals surface area contributed by atoms with E-state index in [2.05, 4.69) is 63.1 Å². The third kappa shape index (κ3) is 5.16. The smallest absolute Gasteiger partial charge is 0.189 e. The van der Waals surface area contributed by atoms with Gasteiger partial charge in [0.2, 0.25) is 0 Å². The number of nitrogens with one attached hydrogen (secondary N) is 1. The van der Waals surface area contributed by atoms with E-state index in [9.17, 15) is 0 Å². The van der Waals surface area contributed by atoms with Crippen molar-refractivity contribution in [1.82, 2.24) is 10.3 Å². The van der Waals surface area contributed by atoms with E-state index in [1.165, 1.54) is 11.9 Å². The number of anilines is 1. The van der Waals surface area contributed by atoms with Crippen molar-refractivity contribution >= 4 is 46.0 Å². The molecule has 2 aliphatic heterocycles. The first-order valence-electron chi connectivity index (χ1n) is 9.63. The standard InChI is InChI=1S/C21H26ClN5OS/c1-4-23-19-18(10-13-28-20(19)16(3)22)24-25-21(29)26-11-12-27(15(2)14-26)17-8-6-5-7-9-17/h4-9,15H,1,10-14H2,2-3H3,(H,25,29)/b20-16-,23-19?,24-18-. The third-order valence-corrected chi connectivity index (χ3v) is 5.42. The highest BCUT2D eigenvalue weighted by atomic mass is 35.5. The van der Waals surface area contributed by atoms with Crippen molar-refractivity contribution in [3.8, 4) is 0 Å². The van der Waals surface area contributed by atoms with Gasteiger partial charge in [0.25, 0.3) is 0 Å². The summed E-state index contributed by atoms with van der Waals surface area (Å²) >= 11 is 11.7. The SMILES string of the molecule is C=CN=C1/C(=N\NC(=S)N2CCN(c3ccccc3)C(C)C2)CCO/C1=C(/C)Cl. The maximum atomic E-state index is 6.14. The van der Waals surface area contributed by atoms with Gasteiger partial charge in [0, 0.05) is 44.0 Å². The van der Waals surface area contributed by atoms with Crippen LogP contribution in [0.15, 0.2) is 64.0 Å². The Morgan fingerprint density at radius 2 is 2.10 bits per heavy atom. The van der Waals surface area contributed by atoms with E-state index in [4.69, 9.17) is 28.6 Å². The second-order valence-corrected chi connectivity index (χ2v) is 7.87. The minimum absolute atomic E-state index is 0.341. The number of thiocarbonyl (C=S) groups is 1. The first-order chi connectivity index (χ1) is 14.0. The van der Waals surface area contributed by atoms with Crippen LogP contribution in [0.4, 0.5) is 5.69 Å². The molecule has 6 nitrogen and oxygen atoms in total. The number of hydrogen-bond donors (Lipinski definition) is 1. The van der Waals surface area contributed by atoms with E-state index in [0.29, 0.717) is 40.7 Å². The summed E-state index contributed by atoms with van der Waals surface area (Å²) in [5, 5.41) is 5.65. The average molecular weight is 432 g/mol. The minimum Gasteiger partial charge on any atom is -0.490 e. The van der Waals surface area contributed by atoms with Crippen molar-refractivity contribution in [2.24, 2.45) is 10.1 Å². The number of para-hydroxylation sites is 1. The van der Waals surface area contributed by atoms with Crippen molar-refractivity contribution in [2.45, 2.75) is 26.3 Å². The Kier molecular flexibility index (Phi) is 7.28. The van der Waals surface area contributed by atoms with Crippen molar-refractivity contribution in [2.75, 3.05) is 31.1 Å². The lowest BCUT2D eigenvalue weighted by molar-refractivity contribution is 0.234. The summed E-state index contributed by atoms with van der Waals surface area (Å²) in [5.74, 6) is 0.536. The highest BCUT2D eigenvalue weighted by Gasteiger charge is 2.26. The molecule has 1 aromatic rings. The maximum absolute atomic E-state index is 6.14. The number of nitrogens with zero attached hydrogens (tertiary/aromatic N) is 4. The van der Waals surface area contributed by atoms with Gasteiger partial charge in [-0.2, -0.15) is 5.10 Å². The molecule has 2 heterocycles. The Morgan fingerprint density at radius 3 is 2.76 bits per heavy atom. The molecule has 1 atom stereocenters. The van der Waals surface area contributed by atoms with Gasteiger partial charge in [0.05, 0.1) is 17.4 Å². The molecule has 1 N–H and O–H groups in total. The summed E-state index contributed by atoms with van der Waals surface area (Å²) in [7, 11) is 0. The molecule has 0 amide bonds. The van der Waals surface area contributed by atoms with E-state index in [1.54, 1.807) is 6.92 Å². The first-order valence-corrected chi connectivity index (χ1v) is 10.4. The highest BCUT2D eigenvalue weighted by Crippen LogP contribution is 2.21. The lowest BCUT2D eigenvalue weighted by Crippen LogP contribution is -2.55. The molecule has 3 rings (SSSR count). The molecule has 0 spiro atoms. The molecule has 8 heteroatoms. The lowest BCUT2D eigenvalue weighted by atomic mass is 10.1. The monoisotopic (exact) mass is 431 g/mol. The van der Waals surface area contributed by atoms with E-state index in [0.717, 1.165) is 25.3 Å². The van der Waals surface area contributed by atoms with Gasteiger partial charge < -0.3 is 14.5 Å². The van der Waals surface area contributed by atoms with Crippen molar-refractivity contribution in [3.05, 3.63) is 53.9 Å². The summed E-state index contributed by atoms with van der Waals surface area (Å²) in [5.41, 5.74) is 5.62. The van der Waals surface area contributed by atoms with Gasteiger partial charge >= 0.3 is 0 Å². The van der Waals surface area contributed by atoms with Crippen LogP contribution in [0, 0.1) is 0 Å². The number of benzene rings is 1. The van der Waals surface area contributed by atoms with Crippen LogP contribution in [-0.2, 0) is 4.74 Å². The number of hydrogen-bond acceptors (Lipinski definition) is 5. The third-order valence-electron chi connectivity index (χ3n) is 4.90. The molecule has 1 unspecified atom stereocenters. The Labute approximate surface area is 182 Å². The molecule has 154 valence electrons. The van der Waals surface area contributed by atoms with Gasteiger partial charge in [-0.1, -0.05) is 36.4 Å². The van der Waals surface area contributed by atoms with Gasteiger partial charge in [-0.25, -0.2) is 0 Å². The number of allylic oxidation sites excluding steroid dienone is 2. The van der Waals surface area contributed by atoms with E-state index in [1.807, 2.05) is 6.07 Å². The Bertz CT molecular complexity index is 848. The highest BCUT2D eigenvalue weighted by molar-refractivity contribution is 7.80. The van der Waals surface area contributed by atoms with Crippen LogP contribution in [0.2, 0.25) is 0 Å². The predicted molar refractivity (Wildman–Crippen MR) is 125 cm³/mol. The van der Waals surface area contributed by atoms with Gasteiger partial charge in [0.1, 0.15) is 5.71 Å². The summed E-state index contributed by atoms with van der Waals surface area (Å²) in [6.45, 7) is 10.7. The summed E-state index contributed by atoms with van der Waals surface area (Å²) in [4.78, 5) is 8.84. The maximum Gasteiger partial charge on any atom is 0.189 e. The van der Waals surface area contributed by atoms with Crippen LogP contribution in [0.5, 0.6) is 0 Å². The quantitative estimate of drug-likeness (QED) is 0.581. The second kappa shape index (κ2) is 9.89. The molecular formula is C21H26ClN5OS. The van der Waals surface area contributed by atoms with Crippen LogP contribution in [-0.4, -0.2) is 53.7 Å². The second-order valence-electron chi connectivity index (χ2n) is 6.92. The fourth-order valence-corrected chi connectivity index (χ4v) is 3.85. The summed E-state index contributed by atoms with van der Waals surface area (Å²) in [6, 6.07) is 10.8. The minimum atomic E-state index is 0.341. The molecule has 0 aliphatic carbocycles. The molecule has 2 aliphatic rings. The Balaban J connectivity index is 1.65. The molecule has 29 heavy (non-hydrogen) atoms. The molecule has 0 radical (unpaired) electrons. The first kappa shape index (κ1) is 21.3. The number of aliphatic imine (C=N–C) groups is 1. The molecule has 0 saturated carbocycles. The van der Waals surface area contributed by atoms with Gasteiger partial charge in [-0.05, 0) is 38.2 Å². The van der Waals surface area contributed by atoms with Gasteiger partial charge in [0.15, 0.2) is 10.9 Å². The topological polar surface area (TPSA) is 52.5 Å². The predicted octanol–water partition coefficient (Wildman–Crippen LogP) is 3.90. The number of halogens is 1. The summed E-state index contributed by atoms with van der Waals surface area (Å²) < 4.78 is 5.64. The van der Waals surface area contributed by atoms with E-state index in [-0.39, 0.29) is 0 Å². The van der Waals surface area contributed by atoms with Crippen LogP contribution in [0.25, 0.3) is 0 Å². The molecule has 1 aromatic carbocycles. The van der Waals surface area contributed by atoms with Gasteiger partial charge in [-0.15, -0.1) is 0 Å². The van der Waals surface area contributed by atoms with Crippen LogP contribution in [0.3, 0.4) is 0 Å². The zero-order chi connectivity index (χ0) is 20.8. The molecular weight excluding hydrogens is 406 g/mol. The molecule has 2 fully saturated rings. The largest absolute Gasteiger partial charge is 0.490 e. The molecule has 2 saturated heterocycles. The number of piperazine rings is 1. The van der Waals surface area contributed by atoms with Crippen molar-refractivity contribution in [1.29, 1.82) is 0 Å². The van der Waals surface area contributed by atoms with E-state index >= 15 is 0 Å². The van der Waals surface area contributed by atoms with Crippen LogP contribution >= 0.6 is 23.8 Å². The van der Waals surface area contributed by atoms with Gasteiger partial charge in [-0.3, -0.25) is 10.4 Å². The summed E-state index contributed by atoms with van der Waals surface area (Å²) in [6.07, 6.45) is 2.08. The average Bonchev–Trinajstić information content (AvgIpc) is 2.73. The molecule has 0 aromatic heterocycles. The fraction of sp³-hybridized carbons (Fsp3) is 0.381. The zero-order valence-electron chi connectivity index (χ0n) is 16.8. The lowest BCUT2D eigenvalue weighted by Gasteiger charge is -2.42. The zero-order valence-corrected chi connectivity index (χ0v) is 18.3. The van der Waals surface area contributed by atoms with E-state index < -0.39 is 0 Å². The Morgan fingerprint density at radius 1 is 1.34 bits per heavy atom. The number of ether oxygens (including phenoxy) is 1.